The molecule has 0 saturated carbocycles. The summed E-state index contributed by atoms with van der Waals surface area (Å²) in [5.74, 6) is 0.643. The van der Waals surface area contributed by atoms with E-state index in [1.54, 1.807) is 0 Å². The largest absolute Gasteiger partial charge is 0.309 e. The van der Waals surface area contributed by atoms with Crippen LogP contribution in [0.3, 0.4) is 0 Å². The molecule has 0 unspecified atom stereocenters. The highest BCUT2D eigenvalue weighted by molar-refractivity contribution is 7.19. The fourth-order valence-electron chi connectivity index (χ4n) is 10.8. The zero-order chi connectivity index (χ0) is 45.7. The van der Waals surface area contributed by atoms with Gasteiger partial charge in [-0.2, -0.15) is 0 Å². The summed E-state index contributed by atoms with van der Waals surface area (Å²) in [7, 11) is -2.59. The maximum Gasteiger partial charge on any atom is 0.234 e. The molecule has 69 heavy (non-hydrogen) atoms. The average Bonchev–Trinajstić information content (AvgIpc) is 3.95. The van der Waals surface area contributed by atoms with Gasteiger partial charge < -0.3 is 4.57 Å². The molecule has 13 aromatic rings. The molecule has 0 fully saturated rings. The quantitative estimate of drug-likeness (QED) is 0.107. The van der Waals surface area contributed by atoms with Crippen LogP contribution < -0.4 is 20.7 Å². The molecule has 0 atom stereocenters. The second-order valence-corrected chi connectivity index (χ2v) is 21.6. The normalized spacial score (nSPS) is 11.8. The maximum atomic E-state index is 5.01. The van der Waals surface area contributed by atoms with E-state index < -0.39 is 8.07 Å². The first-order chi connectivity index (χ1) is 34.2. The first-order valence-electron chi connectivity index (χ1n) is 23.5. The van der Waals surface area contributed by atoms with Gasteiger partial charge in [-0.1, -0.05) is 212 Å². The van der Waals surface area contributed by atoms with Gasteiger partial charge in [-0.15, -0.1) is 0 Å². The second-order valence-electron chi connectivity index (χ2n) is 17.8. The molecular formula is C64H44N4Si. The molecule has 0 aliphatic carbocycles. The Morgan fingerprint density at radius 3 is 1.23 bits per heavy atom. The topological polar surface area (TPSA) is 35.6 Å². The van der Waals surface area contributed by atoms with Gasteiger partial charge in [0.2, 0.25) is 5.95 Å². The van der Waals surface area contributed by atoms with Crippen molar-refractivity contribution in [3.05, 3.63) is 267 Å². The highest BCUT2D eigenvalue weighted by Gasteiger charge is 2.41. The van der Waals surface area contributed by atoms with Crippen molar-refractivity contribution in [2.24, 2.45) is 0 Å². The Morgan fingerprint density at radius 2 is 0.652 bits per heavy atom. The van der Waals surface area contributed by atoms with Gasteiger partial charge in [-0.25, -0.2) is 9.97 Å². The van der Waals surface area contributed by atoms with Gasteiger partial charge in [0.25, 0.3) is 0 Å². The van der Waals surface area contributed by atoms with Gasteiger partial charge in [-0.3, -0.25) is 4.57 Å². The maximum absolute atomic E-state index is 5.01. The molecule has 0 radical (unpaired) electrons. The zero-order valence-electron chi connectivity index (χ0n) is 37.7. The van der Waals surface area contributed by atoms with Crippen LogP contribution >= 0.6 is 0 Å². The van der Waals surface area contributed by atoms with Gasteiger partial charge in [0.1, 0.15) is 0 Å². The Kier molecular flexibility index (Phi) is 9.81. The molecule has 0 saturated heterocycles. The summed E-state index contributed by atoms with van der Waals surface area (Å²) in [5.41, 5.74) is 12.4. The van der Waals surface area contributed by atoms with E-state index in [1.807, 2.05) is 12.4 Å². The first kappa shape index (κ1) is 40.4. The molecule has 0 aliphatic rings. The predicted octanol–water partition coefficient (Wildman–Crippen LogP) is 13.0. The number of hydrogen-bond acceptors (Lipinski definition) is 2. The van der Waals surface area contributed by atoms with Gasteiger partial charge >= 0.3 is 0 Å². The average molecular weight is 897 g/mol. The molecule has 3 heterocycles. The smallest absolute Gasteiger partial charge is 0.234 e. The highest BCUT2D eigenvalue weighted by atomic mass is 28.3. The Labute approximate surface area is 401 Å². The number of fused-ring (bicyclic) bond motifs is 6. The molecule has 5 heteroatoms. The van der Waals surface area contributed by atoms with E-state index in [0.717, 1.165) is 44.4 Å². The van der Waals surface area contributed by atoms with E-state index in [-0.39, 0.29) is 0 Å². The molecule has 10 aromatic carbocycles. The molecule has 0 amide bonds. The molecule has 13 rings (SSSR count). The van der Waals surface area contributed by atoms with E-state index in [9.17, 15) is 0 Å². The summed E-state index contributed by atoms with van der Waals surface area (Å²) < 4.78 is 4.56. The van der Waals surface area contributed by atoms with Crippen molar-refractivity contribution in [3.8, 4) is 45.0 Å². The van der Waals surface area contributed by atoms with Crippen LogP contribution in [0.25, 0.3) is 88.6 Å². The molecule has 4 nitrogen and oxygen atoms in total. The summed E-state index contributed by atoms with van der Waals surface area (Å²) in [6.07, 6.45) is 3.90. The van der Waals surface area contributed by atoms with Crippen LogP contribution in [0.1, 0.15) is 0 Å². The summed E-state index contributed by atoms with van der Waals surface area (Å²) in [6.45, 7) is 0. The number of nitrogens with zero attached hydrogens (tertiary/aromatic N) is 4. The molecule has 324 valence electrons. The highest BCUT2D eigenvalue weighted by Crippen LogP contribution is 2.38. The van der Waals surface area contributed by atoms with Crippen LogP contribution in [0.2, 0.25) is 0 Å². The second kappa shape index (κ2) is 16.8. The van der Waals surface area contributed by atoms with Crippen LogP contribution in [-0.2, 0) is 0 Å². The van der Waals surface area contributed by atoms with Crippen molar-refractivity contribution in [1.29, 1.82) is 0 Å². The number of rotatable bonds is 9. The summed E-state index contributed by atoms with van der Waals surface area (Å²) in [6, 6.07) is 92.8. The predicted molar refractivity (Wildman–Crippen MR) is 291 cm³/mol. The Morgan fingerprint density at radius 1 is 0.261 bits per heavy atom. The molecule has 0 bridgehead atoms. The monoisotopic (exact) mass is 896 g/mol. The van der Waals surface area contributed by atoms with Crippen molar-refractivity contribution in [3.63, 3.8) is 0 Å². The van der Waals surface area contributed by atoms with Crippen LogP contribution in [0, 0.1) is 0 Å². The van der Waals surface area contributed by atoms with Crippen molar-refractivity contribution in [2.75, 3.05) is 0 Å². The Bertz CT molecular complexity index is 3860. The summed E-state index contributed by atoms with van der Waals surface area (Å²) >= 11 is 0. The zero-order valence-corrected chi connectivity index (χ0v) is 38.7. The standard InChI is InChI=1S/C64H44N4Si/c1-5-17-51(18-6-1)67-60-27-15-13-25-56(60)58-39-35-49(42-63(58)67)48-36-40-62-59(41-48)57-26-14-16-28-61(57)68(62)64-65-43-50(44-66-64)47-31-29-45(30-32-47)46-33-37-55(38-34-46)69(52-19-7-2-8-20-52,53-21-9-3-10-22-53)54-23-11-4-12-24-54/h1-44H. The SMILES string of the molecule is c1ccc(-n2c3ccccc3c3ccc(-c4ccc5c(c4)c4ccccc4n5-c4ncc(-c5ccc(-c6ccc([Si](c7ccccc7)(c7ccccc7)c7ccccc7)cc6)cc5)cn4)cc32)cc1. The van der Waals surface area contributed by atoms with Gasteiger partial charge in [0, 0.05) is 45.2 Å². The number of hydrogen-bond donors (Lipinski definition) is 0. The molecule has 3 aromatic heterocycles. The number of benzene rings is 10. The molecule has 0 aliphatic heterocycles. The molecule has 0 N–H and O–H groups in total. The summed E-state index contributed by atoms with van der Waals surface area (Å²) in [5, 5.41) is 10.3. The van der Waals surface area contributed by atoms with Crippen molar-refractivity contribution >= 4 is 72.4 Å². The van der Waals surface area contributed by atoms with Gasteiger partial charge in [-0.05, 0) is 91.0 Å². The third-order valence-electron chi connectivity index (χ3n) is 14.0. The van der Waals surface area contributed by atoms with Gasteiger partial charge in [0.05, 0.1) is 22.1 Å². The third-order valence-corrected chi connectivity index (χ3v) is 18.8. The Hall–Kier alpha value is -8.90. The van der Waals surface area contributed by atoms with Crippen molar-refractivity contribution in [1.82, 2.24) is 19.1 Å². The lowest BCUT2D eigenvalue weighted by Gasteiger charge is -2.34. The molecular weight excluding hydrogens is 853 g/mol. The van der Waals surface area contributed by atoms with Gasteiger partial charge in [0.15, 0.2) is 8.07 Å². The van der Waals surface area contributed by atoms with Crippen LogP contribution in [0.4, 0.5) is 0 Å². The fraction of sp³-hybridized carbons (Fsp3) is 0. The van der Waals surface area contributed by atoms with E-state index in [1.165, 1.54) is 59.1 Å². The van der Waals surface area contributed by atoms with Crippen LogP contribution in [0.5, 0.6) is 0 Å². The van der Waals surface area contributed by atoms with E-state index >= 15 is 0 Å². The minimum Gasteiger partial charge on any atom is -0.309 e. The molecule has 0 spiro atoms. The lowest BCUT2D eigenvalue weighted by atomic mass is 10.0. The third kappa shape index (κ3) is 6.74. The van der Waals surface area contributed by atoms with Crippen molar-refractivity contribution in [2.45, 2.75) is 0 Å². The van der Waals surface area contributed by atoms with E-state index in [2.05, 4.69) is 264 Å². The minimum atomic E-state index is -2.59. The van der Waals surface area contributed by atoms with Crippen LogP contribution in [0.15, 0.2) is 267 Å². The number of para-hydroxylation sites is 3. The van der Waals surface area contributed by atoms with Crippen LogP contribution in [-0.4, -0.2) is 27.2 Å². The number of aromatic nitrogens is 4. The van der Waals surface area contributed by atoms with E-state index in [0.29, 0.717) is 5.95 Å². The lowest BCUT2D eigenvalue weighted by molar-refractivity contribution is 0.990. The van der Waals surface area contributed by atoms with Crippen molar-refractivity contribution < 1.29 is 0 Å². The Balaban J connectivity index is 0.814. The minimum absolute atomic E-state index is 0.643. The fourth-order valence-corrected chi connectivity index (χ4v) is 15.5. The summed E-state index contributed by atoms with van der Waals surface area (Å²) in [4.78, 5) is 10.0. The van der Waals surface area contributed by atoms with E-state index in [4.69, 9.17) is 9.97 Å². The first-order valence-corrected chi connectivity index (χ1v) is 25.5. The lowest BCUT2D eigenvalue weighted by Crippen LogP contribution is -2.74.